The second kappa shape index (κ2) is 5.30. The molecule has 0 saturated carbocycles. The Morgan fingerprint density at radius 1 is 1.04 bits per heavy atom. The van der Waals surface area contributed by atoms with Gasteiger partial charge in [0.25, 0.3) is 0 Å². The van der Waals surface area contributed by atoms with Gasteiger partial charge in [-0.3, -0.25) is 4.55 Å². The minimum Gasteiger partial charge on any atom is -0.382 e. The van der Waals surface area contributed by atoms with Crippen LogP contribution in [0.2, 0.25) is 0 Å². The lowest BCUT2D eigenvalue weighted by atomic mass is 10.1. The molecule has 5 N–H and O–H groups in total. The molecule has 0 aliphatic heterocycles. The van der Waals surface area contributed by atoms with E-state index in [1.54, 1.807) is 12.1 Å². The van der Waals surface area contributed by atoms with Gasteiger partial charge in [-0.25, -0.2) is 9.97 Å². The van der Waals surface area contributed by atoms with Crippen LogP contribution in [-0.2, 0) is 10.4 Å². The van der Waals surface area contributed by atoms with Gasteiger partial charge in [-0.05, 0) is 24.3 Å². The van der Waals surface area contributed by atoms with Crippen LogP contribution in [0.4, 0.5) is 11.8 Å². The van der Waals surface area contributed by atoms with Gasteiger partial charge in [0.1, 0.15) is 5.75 Å². The van der Waals surface area contributed by atoms with Gasteiger partial charge in [0.05, 0.1) is 11.9 Å². The van der Waals surface area contributed by atoms with E-state index in [9.17, 15) is 8.42 Å². The van der Waals surface area contributed by atoms with Crippen molar-refractivity contribution in [2.45, 2.75) is 0 Å². The molecular weight excluding hydrogens is 324 g/mol. The molecule has 2 aromatic heterocycles. The quantitative estimate of drug-likeness (QED) is 0.571. The summed E-state index contributed by atoms with van der Waals surface area (Å²) >= 11 is 0. The maximum atomic E-state index is 10.6. The van der Waals surface area contributed by atoms with Crippen molar-refractivity contribution in [1.82, 2.24) is 19.9 Å². The van der Waals surface area contributed by atoms with E-state index in [0.29, 0.717) is 16.8 Å². The summed E-state index contributed by atoms with van der Waals surface area (Å²) in [5.74, 6) is 0.0672. The normalized spacial score (nSPS) is 11.5. The summed E-state index contributed by atoms with van der Waals surface area (Å²) < 4.78 is 34.2. The molecule has 0 fully saturated rings. The van der Waals surface area contributed by atoms with Gasteiger partial charge in [0.2, 0.25) is 5.95 Å². The SMILES string of the molecule is Nc1nc(N)c2nc(-c3ccc(OS(=O)(=O)O)cc3)cnc2n1. The number of nitrogens with zero attached hydrogens (tertiary/aromatic N) is 4. The Hall–Kier alpha value is -3.05. The third-order valence-corrected chi connectivity index (χ3v) is 3.21. The molecule has 2 heterocycles. The summed E-state index contributed by atoms with van der Waals surface area (Å²) in [5, 5.41) is 0. The molecule has 23 heavy (non-hydrogen) atoms. The van der Waals surface area contributed by atoms with Gasteiger partial charge in [-0.2, -0.15) is 18.4 Å². The summed E-state index contributed by atoms with van der Waals surface area (Å²) in [4.78, 5) is 16.2. The topological polar surface area (TPSA) is 167 Å². The minimum absolute atomic E-state index is 0.00349. The van der Waals surface area contributed by atoms with Crippen LogP contribution in [0.1, 0.15) is 0 Å². The Balaban J connectivity index is 2.00. The van der Waals surface area contributed by atoms with E-state index in [1.165, 1.54) is 18.3 Å². The van der Waals surface area contributed by atoms with Crippen molar-refractivity contribution in [2.24, 2.45) is 0 Å². The lowest BCUT2D eigenvalue weighted by Crippen LogP contribution is -2.06. The van der Waals surface area contributed by atoms with E-state index in [4.69, 9.17) is 16.0 Å². The molecule has 3 aromatic rings. The van der Waals surface area contributed by atoms with Crippen LogP contribution in [0.3, 0.4) is 0 Å². The van der Waals surface area contributed by atoms with E-state index in [-0.39, 0.29) is 23.2 Å². The van der Waals surface area contributed by atoms with Crippen LogP contribution in [0.5, 0.6) is 5.75 Å². The average Bonchev–Trinajstić information content (AvgIpc) is 2.46. The number of nitrogen functional groups attached to an aromatic ring is 2. The zero-order valence-electron chi connectivity index (χ0n) is 11.4. The molecule has 0 spiro atoms. The first kappa shape index (κ1) is 14.9. The first-order chi connectivity index (χ1) is 10.8. The number of benzene rings is 1. The number of nitrogens with two attached hydrogens (primary N) is 2. The molecule has 0 aliphatic rings. The number of fused-ring (bicyclic) bond motifs is 1. The third-order valence-electron chi connectivity index (χ3n) is 2.80. The van der Waals surface area contributed by atoms with E-state index in [1.807, 2.05) is 0 Å². The van der Waals surface area contributed by atoms with Crippen LogP contribution >= 0.6 is 0 Å². The molecule has 0 unspecified atom stereocenters. The van der Waals surface area contributed by atoms with Crippen LogP contribution in [0.25, 0.3) is 22.4 Å². The number of aromatic nitrogens is 4. The molecule has 118 valence electrons. The maximum Gasteiger partial charge on any atom is 0.446 e. The van der Waals surface area contributed by atoms with Crippen molar-refractivity contribution in [1.29, 1.82) is 0 Å². The van der Waals surface area contributed by atoms with Crippen molar-refractivity contribution in [2.75, 3.05) is 11.5 Å². The highest BCUT2D eigenvalue weighted by Crippen LogP contribution is 2.23. The summed E-state index contributed by atoms with van der Waals surface area (Å²) in [5.41, 5.74) is 12.9. The smallest absolute Gasteiger partial charge is 0.382 e. The van der Waals surface area contributed by atoms with E-state index < -0.39 is 10.4 Å². The van der Waals surface area contributed by atoms with Gasteiger partial charge in [-0.15, -0.1) is 0 Å². The number of rotatable bonds is 3. The van der Waals surface area contributed by atoms with Crippen LogP contribution in [-0.4, -0.2) is 32.9 Å². The lowest BCUT2D eigenvalue weighted by molar-refractivity contribution is 0.387. The minimum atomic E-state index is -4.57. The Morgan fingerprint density at radius 3 is 2.39 bits per heavy atom. The molecule has 0 amide bonds. The Labute approximate surface area is 130 Å². The Kier molecular flexibility index (Phi) is 3.42. The van der Waals surface area contributed by atoms with Gasteiger partial charge < -0.3 is 15.7 Å². The van der Waals surface area contributed by atoms with Crippen LogP contribution in [0.15, 0.2) is 30.5 Å². The predicted octanol–water partition coefficient (Wildman–Crippen LogP) is 0.433. The largest absolute Gasteiger partial charge is 0.446 e. The zero-order valence-corrected chi connectivity index (χ0v) is 12.2. The third kappa shape index (κ3) is 3.25. The monoisotopic (exact) mass is 334 g/mol. The van der Waals surface area contributed by atoms with E-state index in [2.05, 4.69) is 24.1 Å². The van der Waals surface area contributed by atoms with Gasteiger partial charge in [0, 0.05) is 5.56 Å². The van der Waals surface area contributed by atoms with Crippen molar-refractivity contribution < 1.29 is 17.2 Å². The molecule has 10 nitrogen and oxygen atoms in total. The van der Waals surface area contributed by atoms with E-state index >= 15 is 0 Å². The number of hydrogen-bond acceptors (Lipinski definition) is 9. The van der Waals surface area contributed by atoms with Crippen molar-refractivity contribution >= 4 is 33.3 Å². The van der Waals surface area contributed by atoms with Gasteiger partial charge in [0.15, 0.2) is 17.0 Å². The predicted molar refractivity (Wildman–Crippen MR) is 81.6 cm³/mol. The standard InChI is InChI=1S/C12H10N6O4S/c13-10-9-11(18-12(14)17-10)15-5-8(16-9)6-1-3-7(4-2-6)22-23(19,20)21/h1-5H,(H,19,20,21)(H4,13,14,15,17,18). The summed E-state index contributed by atoms with van der Waals surface area (Å²) in [7, 11) is -4.57. The van der Waals surface area contributed by atoms with Crippen LogP contribution in [0, 0.1) is 0 Å². The highest BCUT2D eigenvalue weighted by Gasteiger charge is 2.10. The highest BCUT2D eigenvalue weighted by atomic mass is 32.3. The highest BCUT2D eigenvalue weighted by molar-refractivity contribution is 7.81. The molecule has 0 radical (unpaired) electrons. The molecule has 0 atom stereocenters. The average molecular weight is 334 g/mol. The molecule has 11 heteroatoms. The molecule has 0 aliphatic carbocycles. The Morgan fingerprint density at radius 2 is 1.74 bits per heavy atom. The second-order valence-electron chi connectivity index (χ2n) is 4.43. The molecular formula is C12H10N6O4S. The molecule has 3 rings (SSSR count). The second-order valence-corrected chi connectivity index (χ2v) is 5.45. The summed E-state index contributed by atoms with van der Waals surface area (Å²) in [6.45, 7) is 0. The maximum absolute atomic E-state index is 10.6. The summed E-state index contributed by atoms with van der Waals surface area (Å²) in [6, 6.07) is 5.81. The number of anilines is 2. The Bertz CT molecular complexity index is 990. The number of hydrogen-bond donors (Lipinski definition) is 3. The fourth-order valence-corrected chi connectivity index (χ4v) is 2.24. The van der Waals surface area contributed by atoms with Gasteiger partial charge in [-0.1, -0.05) is 0 Å². The molecule has 0 saturated heterocycles. The fourth-order valence-electron chi connectivity index (χ4n) is 1.89. The van der Waals surface area contributed by atoms with Crippen molar-refractivity contribution in [3.05, 3.63) is 30.5 Å². The van der Waals surface area contributed by atoms with Crippen molar-refractivity contribution in [3.8, 4) is 17.0 Å². The van der Waals surface area contributed by atoms with Crippen molar-refractivity contribution in [3.63, 3.8) is 0 Å². The van der Waals surface area contributed by atoms with E-state index in [0.717, 1.165) is 0 Å². The zero-order chi connectivity index (χ0) is 16.6. The lowest BCUT2D eigenvalue weighted by Gasteiger charge is -2.05. The fraction of sp³-hybridized carbons (Fsp3) is 0. The summed E-state index contributed by atoms with van der Waals surface area (Å²) in [6.07, 6.45) is 1.47. The first-order valence-corrected chi connectivity index (χ1v) is 7.51. The molecule has 1 aromatic carbocycles. The molecule has 0 bridgehead atoms. The van der Waals surface area contributed by atoms with Crippen LogP contribution < -0.4 is 15.7 Å². The first-order valence-electron chi connectivity index (χ1n) is 6.15. The van der Waals surface area contributed by atoms with Gasteiger partial charge >= 0.3 is 10.4 Å².